The summed E-state index contributed by atoms with van der Waals surface area (Å²) in [5, 5.41) is 2.84. The first-order chi connectivity index (χ1) is 12.3. The summed E-state index contributed by atoms with van der Waals surface area (Å²) < 4.78 is 34.0. The molecule has 1 N–H and O–H groups in total. The van der Waals surface area contributed by atoms with Crippen molar-refractivity contribution in [2.75, 3.05) is 0 Å². The lowest BCUT2D eigenvalue weighted by atomic mass is 10.2. The van der Waals surface area contributed by atoms with E-state index in [0.29, 0.717) is 5.30 Å². The second-order valence-corrected chi connectivity index (χ2v) is 9.86. The molecule has 0 unspecified atom stereocenters. The molecule has 0 fully saturated rings. The van der Waals surface area contributed by atoms with E-state index in [-0.39, 0.29) is 4.90 Å². The molecule has 0 aliphatic rings. The lowest BCUT2D eigenvalue weighted by Gasteiger charge is -2.24. The molecular formula is C21H21O3PS. The van der Waals surface area contributed by atoms with Crippen molar-refractivity contribution >= 4 is 34.0 Å². The smallest absolute Gasteiger partial charge is 0.282 e. The summed E-state index contributed by atoms with van der Waals surface area (Å²) in [4.78, 5) is -0.0132. The van der Waals surface area contributed by atoms with Crippen LogP contribution < -0.4 is 15.9 Å². The Hall–Kier alpha value is -2.00. The maximum atomic E-state index is 12.1. The van der Waals surface area contributed by atoms with Gasteiger partial charge in [0.05, 0.1) is 0 Å². The summed E-state index contributed by atoms with van der Waals surface area (Å²) in [6.45, 7) is 6.00. The van der Waals surface area contributed by atoms with Gasteiger partial charge in [0.2, 0.25) is 0 Å². The molecule has 0 atom stereocenters. The molecule has 0 spiro atoms. The van der Waals surface area contributed by atoms with E-state index in [1.807, 2.05) is 75.4 Å². The van der Waals surface area contributed by atoms with Crippen molar-refractivity contribution in [3.63, 3.8) is 0 Å². The molecule has 26 heavy (non-hydrogen) atoms. The maximum Gasteiger partial charge on any atom is 0.295 e. The molecule has 0 aliphatic carbocycles. The average molecular weight is 384 g/mol. The van der Waals surface area contributed by atoms with E-state index in [1.54, 1.807) is 6.07 Å². The van der Waals surface area contributed by atoms with E-state index in [0.717, 1.165) is 27.3 Å². The van der Waals surface area contributed by atoms with Crippen molar-refractivity contribution in [2.45, 2.75) is 25.7 Å². The first-order valence-corrected chi connectivity index (χ1v) is 11.1. The van der Waals surface area contributed by atoms with Gasteiger partial charge >= 0.3 is 0 Å². The van der Waals surface area contributed by atoms with Gasteiger partial charge in [-0.1, -0.05) is 60.2 Å². The third-order valence-electron chi connectivity index (χ3n) is 4.35. The Morgan fingerprint density at radius 3 is 1.69 bits per heavy atom. The zero-order chi connectivity index (χ0) is 18.9. The lowest BCUT2D eigenvalue weighted by Crippen LogP contribution is -2.27. The minimum Gasteiger partial charge on any atom is -0.282 e. The first-order valence-electron chi connectivity index (χ1n) is 8.28. The molecule has 3 aromatic rings. The van der Waals surface area contributed by atoms with Crippen LogP contribution in [0.1, 0.15) is 16.7 Å². The first kappa shape index (κ1) is 18.8. The van der Waals surface area contributed by atoms with Crippen LogP contribution >= 0.6 is 7.92 Å². The van der Waals surface area contributed by atoms with Crippen LogP contribution in [0.2, 0.25) is 0 Å². The Kier molecular flexibility index (Phi) is 5.29. The van der Waals surface area contributed by atoms with Crippen LogP contribution in [0.4, 0.5) is 0 Å². The molecule has 0 heterocycles. The molecule has 0 aromatic heterocycles. The highest BCUT2D eigenvalue weighted by Crippen LogP contribution is 2.37. The van der Waals surface area contributed by atoms with Crippen molar-refractivity contribution in [3.8, 4) is 0 Å². The Bertz CT molecular complexity index is 1010. The molecule has 0 aliphatic heterocycles. The summed E-state index contributed by atoms with van der Waals surface area (Å²) in [6.07, 6.45) is 0. The van der Waals surface area contributed by atoms with Gasteiger partial charge in [-0.2, -0.15) is 8.42 Å². The maximum absolute atomic E-state index is 12.1. The summed E-state index contributed by atoms with van der Waals surface area (Å²) in [5.74, 6) is 0. The van der Waals surface area contributed by atoms with Crippen LogP contribution in [0, 0.1) is 20.8 Å². The van der Waals surface area contributed by atoms with Crippen LogP contribution in [0.5, 0.6) is 0 Å². The van der Waals surface area contributed by atoms with Crippen LogP contribution in [-0.2, 0) is 10.1 Å². The topological polar surface area (TPSA) is 54.4 Å². The summed E-state index contributed by atoms with van der Waals surface area (Å²) >= 11 is 0. The second-order valence-electron chi connectivity index (χ2n) is 6.35. The van der Waals surface area contributed by atoms with Gasteiger partial charge in [-0.25, -0.2) is 0 Å². The van der Waals surface area contributed by atoms with Crippen molar-refractivity contribution < 1.29 is 13.0 Å². The van der Waals surface area contributed by atoms with Gasteiger partial charge in [0.25, 0.3) is 10.1 Å². The van der Waals surface area contributed by atoms with E-state index in [1.165, 1.54) is 6.07 Å². The molecule has 0 bridgehead atoms. The molecule has 0 radical (unpaired) electrons. The van der Waals surface area contributed by atoms with E-state index < -0.39 is 18.0 Å². The fourth-order valence-electron chi connectivity index (χ4n) is 3.04. The number of aryl methyl sites for hydroxylation is 3. The van der Waals surface area contributed by atoms with E-state index in [9.17, 15) is 13.0 Å². The second kappa shape index (κ2) is 7.32. The molecular weight excluding hydrogens is 363 g/mol. The third-order valence-corrected chi connectivity index (χ3v) is 8.23. The van der Waals surface area contributed by atoms with Crippen molar-refractivity contribution in [1.82, 2.24) is 0 Å². The Morgan fingerprint density at radius 2 is 1.23 bits per heavy atom. The highest BCUT2D eigenvalue weighted by molar-refractivity contribution is 7.88. The third kappa shape index (κ3) is 3.73. The highest BCUT2D eigenvalue weighted by atomic mass is 32.2. The molecule has 0 saturated heterocycles. The lowest BCUT2D eigenvalue weighted by molar-refractivity contribution is 0.484. The van der Waals surface area contributed by atoms with Gasteiger partial charge in [0.1, 0.15) is 4.90 Å². The van der Waals surface area contributed by atoms with Crippen LogP contribution in [-0.4, -0.2) is 13.0 Å². The van der Waals surface area contributed by atoms with Crippen molar-refractivity contribution in [3.05, 3.63) is 83.4 Å². The van der Waals surface area contributed by atoms with Crippen molar-refractivity contribution in [2.24, 2.45) is 0 Å². The monoisotopic (exact) mass is 384 g/mol. The predicted octanol–water partition coefficient (Wildman–Crippen LogP) is 3.62. The largest absolute Gasteiger partial charge is 0.295 e. The Morgan fingerprint density at radius 1 is 0.731 bits per heavy atom. The van der Waals surface area contributed by atoms with E-state index in [4.69, 9.17) is 0 Å². The van der Waals surface area contributed by atoms with Crippen LogP contribution in [0.3, 0.4) is 0 Å². The zero-order valence-corrected chi connectivity index (χ0v) is 16.7. The van der Waals surface area contributed by atoms with Crippen LogP contribution in [0.15, 0.2) is 71.6 Å². The summed E-state index contributed by atoms with van der Waals surface area (Å²) in [5.41, 5.74) is 3.16. The number of benzene rings is 3. The molecule has 5 heteroatoms. The molecule has 3 nitrogen and oxygen atoms in total. The quantitative estimate of drug-likeness (QED) is 0.552. The van der Waals surface area contributed by atoms with Gasteiger partial charge in [-0.15, -0.1) is 0 Å². The Balaban J connectivity index is 2.39. The average Bonchev–Trinajstić information content (AvgIpc) is 2.57. The minimum absolute atomic E-state index is 0.0132. The summed E-state index contributed by atoms with van der Waals surface area (Å²) in [7, 11) is -5.45. The fourth-order valence-corrected chi connectivity index (χ4v) is 6.95. The van der Waals surface area contributed by atoms with Crippen LogP contribution in [0.25, 0.3) is 0 Å². The number of hydrogen-bond donors (Lipinski definition) is 1. The Labute approximate surface area is 156 Å². The highest BCUT2D eigenvalue weighted by Gasteiger charge is 2.26. The van der Waals surface area contributed by atoms with Gasteiger partial charge in [0, 0.05) is 5.30 Å². The molecule has 134 valence electrons. The molecule has 3 aromatic carbocycles. The number of rotatable bonds is 4. The van der Waals surface area contributed by atoms with Gasteiger partial charge < -0.3 is 0 Å². The van der Waals surface area contributed by atoms with E-state index >= 15 is 0 Å². The van der Waals surface area contributed by atoms with Gasteiger partial charge in [-0.05, 0) is 62.6 Å². The molecule has 0 saturated carbocycles. The molecule has 3 rings (SSSR count). The standard InChI is InChI=1S/C21H21O3PS/c1-15-12-13-21(26(22,23)24)20(14-15)25(18-10-6-4-8-16(18)2)19-11-7-5-9-17(19)3/h4-14H,1-3H3,(H,22,23,24). The van der Waals surface area contributed by atoms with Crippen molar-refractivity contribution in [1.29, 1.82) is 0 Å². The zero-order valence-electron chi connectivity index (χ0n) is 15.0. The van der Waals surface area contributed by atoms with Gasteiger partial charge in [-0.3, -0.25) is 4.55 Å². The fraction of sp³-hybridized carbons (Fsp3) is 0.143. The summed E-state index contributed by atoms with van der Waals surface area (Å²) in [6, 6.07) is 21.2. The molecule has 0 amide bonds. The predicted molar refractivity (Wildman–Crippen MR) is 109 cm³/mol. The van der Waals surface area contributed by atoms with Gasteiger partial charge in [0.15, 0.2) is 0 Å². The SMILES string of the molecule is Cc1ccc(S(=O)(=O)O)c(P(c2ccccc2C)c2ccccc2C)c1. The minimum atomic E-state index is -4.32. The van der Waals surface area contributed by atoms with E-state index in [2.05, 4.69) is 0 Å². The number of hydrogen-bond acceptors (Lipinski definition) is 2. The normalized spacial score (nSPS) is 11.7.